The fraction of sp³-hybridized carbons (Fsp3) is 0.375. The molecule has 0 saturated heterocycles. The Morgan fingerprint density at radius 1 is 1.23 bits per heavy atom. The van der Waals surface area contributed by atoms with E-state index < -0.39 is 0 Å². The van der Waals surface area contributed by atoms with E-state index in [0.29, 0.717) is 6.04 Å². The van der Waals surface area contributed by atoms with Crippen LogP contribution in [0, 0.1) is 6.92 Å². The first-order valence-corrected chi connectivity index (χ1v) is 9.18. The van der Waals surface area contributed by atoms with Gasteiger partial charge in [0, 0.05) is 23.3 Å². The normalized spacial score (nSPS) is 18.5. The number of rotatable bonds is 3. The fourth-order valence-corrected chi connectivity index (χ4v) is 4.87. The van der Waals surface area contributed by atoms with E-state index in [1.165, 1.54) is 15.3 Å². The Kier molecular flexibility index (Phi) is 3.60. The van der Waals surface area contributed by atoms with E-state index in [2.05, 4.69) is 48.6 Å². The van der Waals surface area contributed by atoms with Crippen molar-refractivity contribution in [3.63, 3.8) is 0 Å². The molecular weight excluding hydrogens is 312 g/mol. The van der Waals surface area contributed by atoms with E-state index in [0.717, 1.165) is 31.2 Å². The third-order valence-electron chi connectivity index (χ3n) is 4.41. The number of aryl methyl sites for hydroxylation is 1. The molecule has 0 bridgehead atoms. The molecule has 1 atom stereocenters. The SMILES string of the molecule is Cc1nnc(CN2CCc3sccc3C2c2cccs2)n1C. The zero-order valence-corrected chi connectivity index (χ0v) is 14.3. The van der Waals surface area contributed by atoms with Gasteiger partial charge in [0.1, 0.15) is 11.6 Å². The fourth-order valence-electron chi connectivity index (χ4n) is 3.09. The lowest BCUT2D eigenvalue weighted by molar-refractivity contribution is 0.201. The van der Waals surface area contributed by atoms with Crippen LogP contribution in [0.2, 0.25) is 0 Å². The molecule has 1 aliphatic heterocycles. The molecule has 0 radical (unpaired) electrons. The third kappa shape index (κ3) is 2.31. The summed E-state index contributed by atoms with van der Waals surface area (Å²) >= 11 is 3.73. The highest BCUT2D eigenvalue weighted by Crippen LogP contribution is 2.39. The lowest BCUT2D eigenvalue weighted by Gasteiger charge is -2.35. The van der Waals surface area contributed by atoms with Crippen molar-refractivity contribution in [2.45, 2.75) is 25.9 Å². The molecule has 0 N–H and O–H groups in total. The Hall–Kier alpha value is -1.50. The van der Waals surface area contributed by atoms with E-state index >= 15 is 0 Å². The smallest absolute Gasteiger partial charge is 0.146 e. The van der Waals surface area contributed by atoms with Gasteiger partial charge in [-0.15, -0.1) is 32.9 Å². The number of nitrogens with zero attached hydrogens (tertiary/aromatic N) is 4. The van der Waals surface area contributed by atoms with Crippen LogP contribution >= 0.6 is 22.7 Å². The zero-order chi connectivity index (χ0) is 15.1. The van der Waals surface area contributed by atoms with Crippen molar-refractivity contribution in [2.24, 2.45) is 7.05 Å². The van der Waals surface area contributed by atoms with E-state index in [1.807, 2.05) is 36.6 Å². The molecule has 1 aliphatic rings. The first-order chi connectivity index (χ1) is 10.7. The van der Waals surface area contributed by atoms with E-state index in [4.69, 9.17) is 0 Å². The van der Waals surface area contributed by atoms with Gasteiger partial charge in [-0.3, -0.25) is 4.90 Å². The molecule has 4 rings (SSSR count). The van der Waals surface area contributed by atoms with Crippen LogP contribution in [0.4, 0.5) is 0 Å². The van der Waals surface area contributed by atoms with Crippen molar-refractivity contribution in [3.05, 3.63) is 55.9 Å². The Morgan fingerprint density at radius 2 is 2.14 bits per heavy atom. The summed E-state index contributed by atoms with van der Waals surface area (Å²) < 4.78 is 2.09. The molecule has 4 heterocycles. The molecule has 6 heteroatoms. The van der Waals surface area contributed by atoms with Crippen molar-refractivity contribution in [2.75, 3.05) is 6.54 Å². The van der Waals surface area contributed by atoms with E-state index in [9.17, 15) is 0 Å². The quantitative estimate of drug-likeness (QED) is 0.738. The standard InChI is InChI=1S/C16H18N4S2/c1-11-17-18-15(19(11)2)10-20-7-5-13-12(6-9-22-13)16(20)14-4-3-8-21-14/h3-4,6,8-9,16H,5,7,10H2,1-2H3. The van der Waals surface area contributed by atoms with Gasteiger partial charge < -0.3 is 4.57 Å². The summed E-state index contributed by atoms with van der Waals surface area (Å²) in [6.07, 6.45) is 1.13. The maximum atomic E-state index is 4.35. The number of fused-ring (bicyclic) bond motifs is 1. The van der Waals surface area contributed by atoms with Gasteiger partial charge in [0.2, 0.25) is 0 Å². The number of hydrogen-bond donors (Lipinski definition) is 0. The van der Waals surface area contributed by atoms with Crippen molar-refractivity contribution >= 4 is 22.7 Å². The minimum absolute atomic E-state index is 0.354. The van der Waals surface area contributed by atoms with Gasteiger partial charge in [0.05, 0.1) is 12.6 Å². The second-order valence-electron chi connectivity index (χ2n) is 5.66. The van der Waals surface area contributed by atoms with Gasteiger partial charge in [-0.25, -0.2) is 0 Å². The van der Waals surface area contributed by atoms with Crippen LogP contribution in [-0.4, -0.2) is 26.2 Å². The predicted octanol–water partition coefficient (Wildman–Crippen LogP) is 3.39. The van der Waals surface area contributed by atoms with Gasteiger partial charge in [-0.05, 0) is 41.8 Å². The van der Waals surface area contributed by atoms with Gasteiger partial charge in [-0.1, -0.05) is 6.07 Å². The Balaban J connectivity index is 1.71. The minimum atomic E-state index is 0.354. The predicted molar refractivity (Wildman–Crippen MR) is 90.3 cm³/mol. The third-order valence-corrected chi connectivity index (χ3v) is 6.33. The molecule has 0 amide bonds. The summed E-state index contributed by atoms with van der Waals surface area (Å²) in [5, 5.41) is 12.9. The maximum absolute atomic E-state index is 4.35. The van der Waals surface area contributed by atoms with Crippen LogP contribution in [0.3, 0.4) is 0 Å². The monoisotopic (exact) mass is 330 g/mol. The Labute approximate surface area is 138 Å². The van der Waals surface area contributed by atoms with Crippen LogP contribution in [0.1, 0.15) is 33.0 Å². The molecule has 22 heavy (non-hydrogen) atoms. The molecule has 4 nitrogen and oxygen atoms in total. The Morgan fingerprint density at radius 3 is 2.86 bits per heavy atom. The molecule has 0 aromatic carbocycles. The van der Waals surface area contributed by atoms with Gasteiger partial charge >= 0.3 is 0 Å². The van der Waals surface area contributed by atoms with Crippen LogP contribution in [-0.2, 0) is 20.0 Å². The largest absolute Gasteiger partial charge is 0.317 e. The summed E-state index contributed by atoms with van der Waals surface area (Å²) in [5.41, 5.74) is 1.47. The summed E-state index contributed by atoms with van der Waals surface area (Å²) in [7, 11) is 2.05. The second kappa shape index (κ2) is 5.61. The first kappa shape index (κ1) is 14.1. The Bertz CT molecular complexity index is 772. The number of aromatic nitrogens is 3. The zero-order valence-electron chi connectivity index (χ0n) is 12.7. The topological polar surface area (TPSA) is 34.0 Å². The minimum Gasteiger partial charge on any atom is -0.317 e. The molecule has 0 spiro atoms. The van der Waals surface area contributed by atoms with Crippen molar-refractivity contribution in [1.82, 2.24) is 19.7 Å². The van der Waals surface area contributed by atoms with Crippen molar-refractivity contribution in [3.8, 4) is 0 Å². The highest BCUT2D eigenvalue weighted by molar-refractivity contribution is 7.10. The summed E-state index contributed by atoms with van der Waals surface area (Å²) in [6, 6.07) is 7.04. The molecular formula is C16H18N4S2. The summed E-state index contributed by atoms with van der Waals surface area (Å²) in [5.74, 6) is 2.01. The van der Waals surface area contributed by atoms with E-state index in [1.54, 1.807) is 0 Å². The van der Waals surface area contributed by atoms with Crippen LogP contribution in [0.5, 0.6) is 0 Å². The molecule has 0 aliphatic carbocycles. The van der Waals surface area contributed by atoms with Crippen molar-refractivity contribution in [1.29, 1.82) is 0 Å². The van der Waals surface area contributed by atoms with Crippen LogP contribution in [0.15, 0.2) is 29.0 Å². The average molecular weight is 330 g/mol. The molecule has 0 saturated carbocycles. The highest BCUT2D eigenvalue weighted by Gasteiger charge is 2.31. The lowest BCUT2D eigenvalue weighted by atomic mass is 9.98. The number of thiophene rings is 2. The summed E-state index contributed by atoms with van der Waals surface area (Å²) in [6.45, 7) is 3.91. The highest BCUT2D eigenvalue weighted by atomic mass is 32.1. The molecule has 1 unspecified atom stereocenters. The maximum Gasteiger partial charge on any atom is 0.146 e. The molecule has 3 aromatic rings. The first-order valence-electron chi connectivity index (χ1n) is 7.42. The molecule has 114 valence electrons. The lowest BCUT2D eigenvalue weighted by Crippen LogP contribution is -2.35. The summed E-state index contributed by atoms with van der Waals surface area (Å²) in [4.78, 5) is 5.48. The molecule has 0 fully saturated rings. The van der Waals surface area contributed by atoms with E-state index in [-0.39, 0.29) is 0 Å². The van der Waals surface area contributed by atoms with Gasteiger partial charge in [-0.2, -0.15) is 0 Å². The van der Waals surface area contributed by atoms with Gasteiger partial charge in [0.15, 0.2) is 0 Å². The van der Waals surface area contributed by atoms with Crippen molar-refractivity contribution < 1.29 is 0 Å². The van der Waals surface area contributed by atoms with Crippen LogP contribution < -0.4 is 0 Å². The van der Waals surface area contributed by atoms with Crippen LogP contribution in [0.25, 0.3) is 0 Å². The van der Waals surface area contributed by atoms with Gasteiger partial charge in [0.25, 0.3) is 0 Å². The average Bonchev–Trinajstić information content (AvgIpc) is 3.25. The number of hydrogen-bond acceptors (Lipinski definition) is 5. The second-order valence-corrected chi connectivity index (χ2v) is 7.64. The molecule has 3 aromatic heterocycles.